The second-order valence-corrected chi connectivity index (χ2v) is 8.17. The lowest BCUT2D eigenvalue weighted by Crippen LogP contribution is -2.49. The third-order valence-electron chi connectivity index (χ3n) is 5.06. The molecule has 8 heteroatoms. The molecule has 1 fully saturated rings. The van der Waals surface area contributed by atoms with E-state index in [1.807, 2.05) is 6.92 Å². The minimum Gasteiger partial charge on any atom is -0.369 e. The van der Waals surface area contributed by atoms with Gasteiger partial charge in [-0.05, 0) is 25.5 Å². The molecule has 1 aliphatic rings. The lowest BCUT2D eigenvalue weighted by molar-refractivity contribution is 0.251. The van der Waals surface area contributed by atoms with E-state index in [0.717, 1.165) is 50.0 Å². The predicted molar refractivity (Wildman–Crippen MR) is 115 cm³/mol. The highest BCUT2D eigenvalue weighted by molar-refractivity contribution is 7.20. The summed E-state index contributed by atoms with van der Waals surface area (Å²) in [5.74, 6) is 0. The van der Waals surface area contributed by atoms with Gasteiger partial charge < -0.3 is 10.2 Å². The average Bonchev–Trinajstić information content (AvgIpc) is 3.12. The van der Waals surface area contributed by atoms with E-state index in [-0.39, 0.29) is 11.6 Å². The maximum absolute atomic E-state index is 12.1. The number of piperazine rings is 1. The van der Waals surface area contributed by atoms with Crippen molar-refractivity contribution in [3.8, 4) is 0 Å². The molecule has 148 valence electrons. The number of benzene rings is 1. The molecule has 1 saturated heterocycles. The average molecular weight is 399 g/mol. The summed E-state index contributed by atoms with van der Waals surface area (Å²) in [7, 11) is 0. The smallest absolute Gasteiger partial charge is 0.275 e. The molecule has 1 atom stereocenters. The van der Waals surface area contributed by atoms with E-state index in [9.17, 15) is 4.79 Å². The Balaban J connectivity index is 1.34. The van der Waals surface area contributed by atoms with Crippen LogP contribution in [0, 0.1) is 0 Å². The first-order chi connectivity index (χ1) is 13.6. The summed E-state index contributed by atoms with van der Waals surface area (Å²) in [6, 6.07) is 12.4. The molecule has 0 amide bonds. The molecule has 1 aliphatic heterocycles. The molecule has 0 bridgehead atoms. The molecule has 7 nitrogen and oxygen atoms in total. The number of fused-ring (bicyclic) bond motifs is 1. The first-order valence-corrected chi connectivity index (χ1v) is 10.6. The van der Waals surface area contributed by atoms with Crippen molar-refractivity contribution >= 4 is 27.1 Å². The highest BCUT2D eigenvalue weighted by Crippen LogP contribution is 2.19. The summed E-state index contributed by atoms with van der Waals surface area (Å²) < 4.78 is 1.39. The standard InChI is InChI=1S/C20H26N6OS/c1-3-16-13-18(27)26-20(22-16)28-19(23-26)21-15(2)14-24-9-11-25(12-10-24)17-7-5-4-6-8-17/h4-8,13,15H,3,9-12,14H2,1-2H3,(H,21,23). The fourth-order valence-electron chi connectivity index (χ4n) is 3.57. The molecule has 0 radical (unpaired) electrons. The summed E-state index contributed by atoms with van der Waals surface area (Å²) in [5.41, 5.74) is 1.99. The number of hydrogen-bond donors (Lipinski definition) is 1. The first-order valence-electron chi connectivity index (χ1n) is 9.81. The van der Waals surface area contributed by atoms with Crippen LogP contribution < -0.4 is 15.8 Å². The summed E-state index contributed by atoms with van der Waals surface area (Å²) in [6.45, 7) is 9.26. The van der Waals surface area contributed by atoms with E-state index in [1.54, 1.807) is 6.07 Å². The zero-order valence-electron chi connectivity index (χ0n) is 16.3. The molecular formula is C20H26N6OS. The molecule has 0 aliphatic carbocycles. The van der Waals surface area contributed by atoms with Gasteiger partial charge in [-0.25, -0.2) is 4.98 Å². The second kappa shape index (κ2) is 8.28. The minimum absolute atomic E-state index is 0.115. The number of aryl methyl sites for hydroxylation is 1. The van der Waals surface area contributed by atoms with Crippen LogP contribution in [0.4, 0.5) is 10.8 Å². The van der Waals surface area contributed by atoms with Gasteiger partial charge in [-0.15, -0.1) is 5.10 Å². The largest absolute Gasteiger partial charge is 0.369 e. The second-order valence-electron chi connectivity index (χ2n) is 7.21. The number of nitrogens with zero attached hydrogens (tertiary/aromatic N) is 5. The third kappa shape index (κ3) is 4.18. The molecule has 28 heavy (non-hydrogen) atoms. The predicted octanol–water partition coefficient (Wildman–Crippen LogP) is 2.34. The van der Waals surface area contributed by atoms with Gasteiger partial charge in [0.25, 0.3) is 5.56 Å². The monoisotopic (exact) mass is 398 g/mol. The van der Waals surface area contributed by atoms with Crippen molar-refractivity contribution in [1.82, 2.24) is 19.5 Å². The van der Waals surface area contributed by atoms with Gasteiger partial charge in [-0.3, -0.25) is 9.69 Å². The fraction of sp³-hybridized carbons (Fsp3) is 0.450. The highest BCUT2D eigenvalue weighted by Gasteiger charge is 2.19. The number of nitrogens with one attached hydrogen (secondary N) is 1. The van der Waals surface area contributed by atoms with Gasteiger partial charge in [0.2, 0.25) is 10.1 Å². The molecule has 0 saturated carbocycles. The van der Waals surface area contributed by atoms with Crippen molar-refractivity contribution in [1.29, 1.82) is 0 Å². The maximum Gasteiger partial charge on any atom is 0.275 e. The molecule has 2 aromatic heterocycles. The molecule has 0 spiro atoms. The van der Waals surface area contributed by atoms with Crippen molar-refractivity contribution in [3.63, 3.8) is 0 Å². The molecular weight excluding hydrogens is 372 g/mol. The minimum atomic E-state index is -0.115. The number of para-hydroxylation sites is 1. The van der Waals surface area contributed by atoms with E-state index >= 15 is 0 Å². The Hall–Kier alpha value is -2.45. The van der Waals surface area contributed by atoms with Gasteiger partial charge in [0, 0.05) is 56.2 Å². The van der Waals surface area contributed by atoms with E-state index in [1.165, 1.54) is 21.5 Å². The summed E-state index contributed by atoms with van der Waals surface area (Å²) in [4.78, 5) is 22.2. The summed E-state index contributed by atoms with van der Waals surface area (Å²) in [5, 5.41) is 8.58. The Kier molecular flexibility index (Phi) is 5.59. The van der Waals surface area contributed by atoms with Crippen molar-refractivity contribution in [2.24, 2.45) is 0 Å². The van der Waals surface area contributed by atoms with Crippen LogP contribution in [0.1, 0.15) is 19.5 Å². The van der Waals surface area contributed by atoms with Gasteiger partial charge in [0.15, 0.2) is 0 Å². The van der Waals surface area contributed by atoms with Crippen LogP contribution in [0.3, 0.4) is 0 Å². The summed E-state index contributed by atoms with van der Waals surface area (Å²) >= 11 is 1.43. The molecule has 1 aromatic carbocycles. The topological polar surface area (TPSA) is 65.8 Å². The van der Waals surface area contributed by atoms with Gasteiger partial charge in [-0.1, -0.05) is 36.5 Å². The maximum atomic E-state index is 12.1. The normalized spacial score (nSPS) is 16.4. The molecule has 3 heterocycles. The van der Waals surface area contributed by atoms with E-state index in [2.05, 4.69) is 62.5 Å². The van der Waals surface area contributed by atoms with E-state index < -0.39 is 0 Å². The fourth-order valence-corrected chi connectivity index (χ4v) is 4.50. The van der Waals surface area contributed by atoms with Crippen LogP contribution >= 0.6 is 11.3 Å². The van der Waals surface area contributed by atoms with Crippen LogP contribution in [-0.4, -0.2) is 58.3 Å². The quantitative estimate of drug-likeness (QED) is 0.688. The van der Waals surface area contributed by atoms with Crippen LogP contribution in [0.25, 0.3) is 4.96 Å². The van der Waals surface area contributed by atoms with Gasteiger partial charge in [0.05, 0.1) is 0 Å². The van der Waals surface area contributed by atoms with Gasteiger partial charge in [0.1, 0.15) is 0 Å². The van der Waals surface area contributed by atoms with E-state index in [4.69, 9.17) is 0 Å². The van der Waals surface area contributed by atoms with Crippen molar-refractivity contribution in [2.45, 2.75) is 26.3 Å². The zero-order valence-corrected chi connectivity index (χ0v) is 17.2. The summed E-state index contributed by atoms with van der Waals surface area (Å²) in [6.07, 6.45) is 0.748. The molecule has 1 N–H and O–H groups in total. The Morgan fingerprint density at radius 1 is 1.18 bits per heavy atom. The highest BCUT2D eigenvalue weighted by atomic mass is 32.1. The van der Waals surface area contributed by atoms with Crippen LogP contribution in [0.5, 0.6) is 0 Å². The Bertz CT molecular complexity index is 977. The van der Waals surface area contributed by atoms with Crippen LogP contribution in [0.15, 0.2) is 41.2 Å². The molecule has 4 rings (SSSR count). The molecule has 1 unspecified atom stereocenters. The Labute approximate surface area is 168 Å². The Morgan fingerprint density at radius 2 is 1.93 bits per heavy atom. The molecule has 3 aromatic rings. The lowest BCUT2D eigenvalue weighted by atomic mass is 10.2. The van der Waals surface area contributed by atoms with Crippen molar-refractivity contribution in [2.75, 3.05) is 42.9 Å². The zero-order chi connectivity index (χ0) is 19.5. The Morgan fingerprint density at radius 3 is 2.64 bits per heavy atom. The van der Waals surface area contributed by atoms with Crippen LogP contribution in [-0.2, 0) is 6.42 Å². The van der Waals surface area contributed by atoms with E-state index in [0.29, 0.717) is 4.96 Å². The van der Waals surface area contributed by atoms with Crippen molar-refractivity contribution < 1.29 is 0 Å². The number of anilines is 2. The number of hydrogen-bond acceptors (Lipinski definition) is 7. The van der Waals surface area contributed by atoms with Crippen LogP contribution in [0.2, 0.25) is 0 Å². The SMILES string of the molecule is CCc1cc(=O)n2nc(NC(C)CN3CCN(c4ccccc4)CC3)sc2n1. The number of rotatable bonds is 6. The van der Waals surface area contributed by atoms with Gasteiger partial charge in [-0.2, -0.15) is 4.52 Å². The van der Waals surface area contributed by atoms with Crippen molar-refractivity contribution in [3.05, 3.63) is 52.4 Å². The first kappa shape index (κ1) is 18.9. The lowest BCUT2D eigenvalue weighted by Gasteiger charge is -2.37. The number of aromatic nitrogens is 3. The van der Waals surface area contributed by atoms with Gasteiger partial charge >= 0.3 is 0 Å². The third-order valence-corrected chi connectivity index (χ3v) is 5.90.